The smallest absolute Gasteiger partial charge is 0.330 e. The van der Waals surface area contributed by atoms with Gasteiger partial charge in [-0.25, -0.2) is 4.79 Å². The number of nitrogens with zero attached hydrogens (tertiary/aromatic N) is 1. The lowest BCUT2D eigenvalue weighted by Gasteiger charge is -2.44. The molecule has 1 N–H and O–H groups in total. The molecule has 1 aromatic rings. The Morgan fingerprint density at radius 1 is 1.26 bits per heavy atom. The molecule has 7 nitrogen and oxygen atoms in total. The third-order valence-corrected chi connectivity index (χ3v) is 5.02. The van der Waals surface area contributed by atoms with Gasteiger partial charge in [0.2, 0.25) is 0 Å². The van der Waals surface area contributed by atoms with E-state index in [4.69, 9.17) is 14.2 Å². The fourth-order valence-electron chi connectivity index (χ4n) is 4.24. The number of aryl methyl sites for hydroxylation is 1. The summed E-state index contributed by atoms with van der Waals surface area (Å²) in [5, 5.41) is 0. The van der Waals surface area contributed by atoms with Gasteiger partial charge in [0.1, 0.15) is 17.8 Å². The highest BCUT2D eigenvalue weighted by Crippen LogP contribution is 2.51. The van der Waals surface area contributed by atoms with E-state index in [2.05, 4.69) is 25.8 Å². The normalized spacial score (nSPS) is 31.3. The van der Waals surface area contributed by atoms with Crippen LogP contribution in [0.1, 0.15) is 66.2 Å². The summed E-state index contributed by atoms with van der Waals surface area (Å²) in [6.45, 7) is 14.8. The summed E-state index contributed by atoms with van der Waals surface area (Å²) in [5.74, 6) is 0. The standard InChI is InChI=1S/C20H32N2O5/c1-12-10-22(17(24)21-15(12)23)16-13-14(26-19(5,6)7)20(27-16,8-9-25-13)11-18(2,3)4/h10,13-14,16H,8-9,11H2,1-7H3,(H,21,23,24)/t13-,14?,16+,20+/m0/s1. The molecule has 2 bridgehead atoms. The summed E-state index contributed by atoms with van der Waals surface area (Å²) in [6.07, 6.45) is 1.70. The molecule has 2 saturated heterocycles. The van der Waals surface area contributed by atoms with Crippen LogP contribution in [0.25, 0.3) is 0 Å². The minimum Gasteiger partial charge on any atom is -0.371 e. The lowest BCUT2D eigenvalue weighted by Crippen LogP contribution is -2.54. The molecular weight excluding hydrogens is 348 g/mol. The fraction of sp³-hybridized carbons (Fsp3) is 0.800. The van der Waals surface area contributed by atoms with Crippen molar-refractivity contribution in [3.05, 3.63) is 32.6 Å². The predicted molar refractivity (Wildman–Crippen MR) is 102 cm³/mol. The maximum absolute atomic E-state index is 12.5. The van der Waals surface area contributed by atoms with Crippen LogP contribution in [0, 0.1) is 12.3 Å². The zero-order valence-corrected chi connectivity index (χ0v) is 17.4. The van der Waals surface area contributed by atoms with Crippen molar-refractivity contribution in [2.45, 2.75) is 90.9 Å². The quantitative estimate of drug-likeness (QED) is 0.871. The Balaban J connectivity index is 2.07. The van der Waals surface area contributed by atoms with Gasteiger partial charge >= 0.3 is 5.69 Å². The monoisotopic (exact) mass is 380 g/mol. The molecule has 0 spiro atoms. The van der Waals surface area contributed by atoms with Gasteiger partial charge < -0.3 is 14.2 Å². The molecule has 0 aliphatic carbocycles. The lowest BCUT2D eigenvalue weighted by molar-refractivity contribution is -0.195. The summed E-state index contributed by atoms with van der Waals surface area (Å²) in [4.78, 5) is 26.6. The molecule has 3 rings (SSSR count). The van der Waals surface area contributed by atoms with E-state index in [1.807, 2.05) is 20.8 Å². The molecule has 4 atom stereocenters. The Morgan fingerprint density at radius 2 is 1.93 bits per heavy atom. The van der Waals surface area contributed by atoms with Gasteiger partial charge in [-0.3, -0.25) is 14.3 Å². The van der Waals surface area contributed by atoms with Gasteiger partial charge in [0, 0.05) is 18.2 Å². The van der Waals surface area contributed by atoms with E-state index < -0.39 is 23.6 Å². The van der Waals surface area contributed by atoms with Crippen molar-refractivity contribution in [2.75, 3.05) is 6.61 Å². The largest absolute Gasteiger partial charge is 0.371 e. The first-order valence-electron chi connectivity index (χ1n) is 9.61. The van der Waals surface area contributed by atoms with Gasteiger partial charge in [0.05, 0.1) is 12.2 Å². The molecule has 152 valence electrons. The Morgan fingerprint density at radius 3 is 2.52 bits per heavy atom. The highest BCUT2D eigenvalue weighted by molar-refractivity contribution is 5.09. The van der Waals surface area contributed by atoms with Crippen LogP contribution in [0.4, 0.5) is 0 Å². The van der Waals surface area contributed by atoms with Gasteiger partial charge in [-0.1, -0.05) is 20.8 Å². The van der Waals surface area contributed by atoms with Crippen molar-refractivity contribution in [3.8, 4) is 0 Å². The van der Waals surface area contributed by atoms with Gasteiger partial charge in [-0.2, -0.15) is 0 Å². The van der Waals surface area contributed by atoms with Crippen molar-refractivity contribution in [2.24, 2.45) is 5.41 Å². The Labute approximate surface area is 160 Å². The number of aromatic nitrogens is 2. The zero-order valence-electron chi connectivity index (χ0n) is 17.4. The van der Waals surface area contributed by atoms with E-state index in [-0.39, 0.29) is 22.7 Å². The predicted octanol–water partition coefficient (Wildman–Crippen LogP) is 2.52. The minimum absolute atomic E-state index is 0.0160. The molecule has 1 unspecified atom stereocenters. The van der Waals surface area contributed by atoms with Crippen LogP contribution in [-0.4, -0.2) is 39.6 Å². The highest BCUT2D eigenvalue weighted by Gasteiger charge is 2.61. The second kappa shape index (κ2) is 6.57. The molecule has 3 heterocycles. The first kappa shape index (κ1) is 20.3. The van der Waals surface area contributed by atoms with Crippen molar-refractivity contribution in [3.63, 3.8) is 0 Å². The van der Waals surface area contributed by atoms with Crippen molar-refractivity contribution < 1.29 is 14.2 Å². The Bertz CT molecular complexity index is 813. The number of fused-ring (bicyclic) bond motifs is 2. The number of H-pyrrole nitrogens is 1. The van der Waals surface area contributed by atoms with E-state index >= 15 is 0 Å². The third kappa shape index (κ3) is 4.05. The molecule has 2 aliphatic heterocycles. The van der Waals surface area contributed by atoms with E-state index in [1.54, 1.807) is 13.1 Å². The number of hydrogen-bond donors (Lipinski definition) is 1. The number of nitrogens with one attached hydrogen (secondary N) is 1. The molecule has 7 heteroatoms. The van der Waals surface area contributed by atoms with Crippen LogP contribution >= 0.6 is 0 Å². The maximum atomic E-state index is 12.5. The number of rotatable bonds is 3. The topological polar surface area (TPSA) is 82.6 Å². The van der Waals surface area contributed by atoms with Crippen molar-refractivity contribution >= 4 is 0 Å². The first-order chi connectivity index (χ1) is 12.3. The molecule has 0 amide bonds. The third-order valence-electron chi connectivity index (χ3n) is 5.02. The number of ether oxygens (including phenoxy) is 3. The fourth-order valence-corrected chi connectivity index (χ4v) is 4.24. The van der Waals surface area contributed by atoms with Crippen LogP contribution in [0.5, 0.6) is 0 Å². The summed E-state index contributed by atoms with van der Waals surface area (Å²) in [6, 6.07) is 0. The summed E-state index contributed by atoms with van der Waals surface area (Å²) in [7, 11) is 0. The van der Waals surface area contributed by atoms with E-state index in [0.29, 0.717) is 18.6 Å². The van der Waals surface area contributed by atoms with Gasteiger partial charge in [0.15, 0.2) is 6.23 Å². The van der Waals surface area contributed by atoms with Gasteiger partial charge in [-0.05, 0) is 39.5 Å². The second-order valence-corrected chi connectivity index (χ2v) is 10.0. The van der Waals surface area contributed by atoms with Crippen molar-refractivity contribution in [1.29, 1.82) is 0 Å². The van der Waals surface area contributed by atoms with Crippen LogP contribution < -0.4 is 11.2 Å². The average Bonchev–Trinajstić information content (AvgIpc) is 2.64. The van der Waals surface area contributed by atoms with Crippen LogP contribution in [-0.2, 0) is 14.2 Å². The Hall–Kier alpha value is -1.44. The summed E-state index contributed by atoms with van der Waals surface area (Å²) in [5.41, 5.74) is -1.32. The molecule has 2 fully saturated rings. The van der Waals surface area contributed by atoms with Crippen molar-refractivity contribution in [1.82, 2.24) is 9.55 Å². The molecule has 0 aromatic carbocycles. The van der Waals surface area contributed by atoms with Crippen LogP contribution in [0.15, 0.2) is 15.8 Å². The highest BCUT2D eigenvalue weighted by atomic mass is 16.6. The van der Waals surface area contributed by atoms with Crippen LogP contribution in [0.3, 0.4) is 0 Å². The molecular formula is C20H32N2O5. The Kier molecular flexibility index (Phi) is 4.94. The molecule has 27 heavy (non-hydrogen) atoms. The van der Waals surface area contributed by atoms with E-state index in [1.165, 1.54) is 4.57 Å². The average molecular weight is 380 g/mol. The molecule has 1 aromatic heterocycles. The number of hydrogen-bond acceptors (Lipinski definition) is 5. The van der Waals surface area contributed by atoms with Gasteiger partial charge in [-0.15, -0.1) is 0 Å². The first-order valence-corrected chi connectivity index (χ1v) is 9.61. The SMILES string of the molecule is Cc1cn([C@@H]2O[C@@]3(CC(C)(C)C)CCO[C@H]2C3OC(C)(C)C)c(=O)[nH]c1=O. The minimum atomic E-state index is -0.634. The summed E-state index contributed by atoms with van der Waals surface area (Å²) < 4.78 is 20.5. The lowest BCUT2D eigenvalue weighted by atomic mass is 9.76. The van der Waals surface area contributed by atoms with Crippen LogP contribution in [0.2, 0.25) is 0 Å². The second-order valence-electron chi connectivity index (χ2n) is 10.0. The number of aromatic amines is 1. The molecule has 0 saturated carbocycles. The summed E-state index contributed by atoms with van der Waals surface area (Å²) >= 11 is 0. The zero-order chi connectivity index (χ0) is 20.2. The molecule has 2 aliphatic rings. The maximum Gasteiger partial charge on any atom is 0.330 e. The van der Waals surface area contributed by atoms with Gasteiger partial charge in [0.25, 0.3) is 5.56 Å². The van der Waals surface area contributed by atoms with E-state index in [0.717, 1.165) is 6.42 Å². The van der Waals surface area contributed by atoms with E-state index in [9.17, 15) is 9.59 Å². The molecule has 0 radical (unpaired) electrons.